The quantitative estimate of drug-likeness (QED) is 0.655. The van der Waals surface area contributed by atoms with Gasteiger partial charge in [0.25, 0.3) is 0 Å². The predicted molar refractivity (Wildman–Crippen MR) is 113 cm³/mol. The van der Waals surface area contributed by atoms with Crippen LogP contribution >= 0.6 is 0 Å². The predicted octanol–water partition coefficient (Wildman–Crippen LogP) is 1.81. The van der Waals surface area contributed by atoms with Crippen molar-refractivity contribution >= 4 is 17.7 Å². The molecule has 5 atom stereocenters. The standard InChI is InChI=1S/C24H33N3O4/c28-21(25-15-10-11-15)18-17-12-13-24(31-17)19(18)23(30)27(16-8-4-5-9-16)20(24)22(29)26-14-6-2-1-3-7-14/h12-20H,1-11H2,(H,25,28)(H,26,29). The third-order valence-electron chi connectivity index (χ3n) is 8.46. The van der Waals surface area contributed by atoms with Gasteiger partial charge in [0.05, 0.1) is 17.9 Å². The van der Waals surface area contributed by atoms with Crippen molar-refractivity contribution in [3.63, 3.8) is 0 Å². The van der Waals surface area contributed by atoms with E-state index in [2.05, 4.69) is 10.6 Å². The molecule has 3 heterocycles. The summed E-state index contributed by atoms with van der Waals surface area (Å²) in [6.45, 7) is 0. The van der Waals surface area contributed by atoms with Crippen LogP contribution in [-0.2, 0) is 19.1 Å². The Hall–Kier alpha value is -1.89. The van der Waals surface area contributed by atoms with E-state index in [9.17, 15) is 14.4 Å². The molecule has 0 aromatic heterocycles. The molecule has 0 aromatic carbocycles. The highest BCUT2D eigenvalue weighted by Gasteiger charge is 2.73. The number of carbonyl (C=O) groups excluding carboxylic acids is 3. The molecule has 168 valence electrons. The molecule has 0 radical (unpaired) electrons. The van der Waals surface area contributed by atoms with E-state index in [4.69, 9.17) is 4.74 Å². The molecule has 5 fully saturated rings. The molecule has 2 saturated heterocycles. The maximum Gasteiger partial charge on any atom is 0.246 e. The van der Waals surface area contributed by atoms with Gasteiger partial charge in [-0.05, 0) is 38.5 Å². The molecule has 6 rings (SSSR count). The lowest BCUT2D eigenvalue weighted by atomic mass is 9.74. The largest absolute Gasteiger partial charge is 0.359 e. The third-order valence-corrected chi connectivity index (χ3v) is 8.46. The summed E-state index contributed by atoms with van der Waals surface area (Å²) < 4.78 is 6.41. The Labute approximate surface area is 183 Å². The SMILES string of the molecule is O=C(NC1CC1)C1C2C=CC3(O2)C1C(=O)N(C1CCCC1)C3C(=O)NC1CCCCC1. The molecular formula is C24H33N3O4. The molecule has 7 heteroatoms. The Balaban J connectivity index is 1.33. The molecule has 6 aliphatic rings. The van der Waals surface area contributed by atoms with Gasteiger partial charge in [0.1, 0.15) is 11.6 Å². The van der Waals surface area contributed by atoms with Crippen molar-refractivity contribution in [3.8, 4) is 0 Å². The van der Waals surface area contributed by atoms with Gasteiger partial charge in [0.2, 0.25) is 17.7 Å². The maximum atomic E-state index is 13.8. The zero-order valence-electron chi connectivity index (χ0n) is 18.1. The smallest absolute Gasteiger partial charge is 0.246 e. The van der Waals surface area contributed by atoms with Crippen molar-refractivity contribution in [2.24, 2.45) is 11.8 Å². The Morgan fingerprint density at radius 2 is 1.55 bits per heavy atom. The number of nitrogens with one attached hydrogen (secondary N) is 2. The van der Waals surface area contributed by atoms with E-state index >= 15 is 0 Å². The van der Waals surface area contributed by atoms with Gasteiger partial charge in [0.15, 0.2) is 0 Å². The molecule has 3 saturated carbocycles. The molecule has 2 bridgehead atoms. The van der Waals surface area contributed by atoms with E-state index in [1.807, 2.05) is 17.1 Å². The van der Waals surface area contributed by atoms with Crippen LogP contribution in [0.5, 0.6) is 0 Å². The highest BCUT2D eigenvalue weighted by Crippen LogP contribution is 2.56. The fourth-order valence-corrected chi connectivity index (χ4v) is 6.83. The van der Waals surface area contributed by atoms with Gasteiger partial charge in [-0.3, -0.25) is 14.4 Å². The second-order valence-electron chi connectivity index (χ2n) is 10.5. The summed E-state index contributed by atoms with van der Waals surface area (Å²) >= 11 is 0. The fraction of sp³-hybridized carbons (Fsp3) is 0.792. The van der Waals surface area contributed by atoms with Gasteiger partial charge in [-0.2, -0.15) is 0 Å². The van der Waals surface area contributed by atoms with Gasteiger partial charge >= 0.3 is 0 Å². The van der Waals surface area contributed by atoms with Gasteiger partial charge in [-0.1, -0.05) is 44.3 Å². The summed E-state index contributed by atoms with van der Waals surface area (Å²) in [5.41, 5.74) is -1.01. The van der Waals surface area contributed by atoms with E-state index < -0.39 is 29.6 Å². The molecule has 3 aliphatic heterocycles. The van der Waals surface area contributed by atoms with Crippen LogP contribution in [0.4, 0.5) is 0 Å². The zero-order chi connectivity index (χ0) is 21.2. The number of hydrogen-bond donors (Lipinski definition) is 2. The molecule has 0 aromatic rings. The molecule has 5 unspecified atom stereocenters. The fourth-order valence-electron chi connectivity index (χ4n) is 6.83. The minimum Gasteiger partial charge on any atom is -0.359 e. The van der Waals surface area contributed by atoms with E-state index in [1.165, 1.54) is 6.42 Å². The van der Waals surface area contributed by atoms with Crippen LogP contribution in [0, 0.1) is 11.8 Å². The highest BCUT2D eigenvalue weighted by atomic mass is 16.5. The molecule has 7 nitrogen and oxygen atoms in total. The van der Waals surface area contributed by atoms with Gasteiger partial charge < -0.3 is 20.3 Å². The van der Waals surface area contributed by atoms with Crippen molar-refractivity contribution in [1.29, 1.82) is 0 Å². The lowest BCUT2D eigenvalue weighted by Gasteiger charge is -2.36. The first-order valence-electron chi connectivity index (χ1n) is 12.4. The summed E-state index contributed by atoms with van der Waals surface area (Å²) in [4.78, 5) is 42.5. The second-order valence-corrected chi connectivity index (χ2v) is 10.5. The van der Waals surface area contributed by atoms with Crippen LogP contribution in [0.2, 0.25) is 0 Å². The molecule has 31 heavy (non-hydrogen) atoms. The van der Waals surface area contributed by atoms with Gasteiger partial charge in [0, 0.05) is 18.1 Å². The molecule has 2 N–H and O–H groups in total. The first-order valence-corrected chi connectivity index (χ1v) is 12.4. The lowest BCUT2D eigenvalue weighted by Crippen LogP contribution is -2.58. The highest BCUT2D eigenvalue weighted by molar-refractivity contribution is 6.00. The van der Waals surface area contributed by atoms with E-state index in [0.717, 1.165) is 64.2 Å². The maximum absolute atomic E-state index is 13.8. The van der Waals surface area contributed by atoms with Crippen molar-refractivity contribution in [1.82, 2.24) is 15.5 Å². The first kappa shape index (κ1) is 19.8. The van der Waals surface area contributed by atoms with Gasteiger partial charge in [-0.15, -0.1) is 0 Å². The number of amides is 3. The molecule has 3 amide bonds. The second kappa shape index (κ2) is 7.32. The summed E-state index contributed by atoms with van der Waals surface area (Å²) in [5.74, 6) is -1.36. The number of carbonyl (C=O) groups is 3. The summed E-state index contributed by atoms with van der Waals surface area (Å²) in [6, 6.07) is -0.194. The van der Waals surface area contributed by atoms with E-state index in [-0.39, 0.29) is 35.8 Å². The Morgan fingerprint density at radius 1 is 0.903 bits per heavy atom. The van der Waals surface area contributed by atoms with E-state index in [1.54, 1.807) is 0 Å². The first-order chi connectivity index (χ1) is 15.1. The van der Waals surface area contributed by atoms with Crippen LogP contribution in [-0.4, -0.2) is 58.5 Å². The van der Waals surface area contributed by atoms with Crippen LogP contribution in [0.3, 0.4) is 0 Å². The number of rotatable bonds is 5. The van der Waals surface area contributed by atoms with Crippen molar-refractivity contribution in [2.45, 2.75) is 107 Å². The molecule has 1 spiro atoms. The van der Waals surface area contributed by atoms with Crippen LogP contribution in [0.15, 0.2) is 12.2 Å². The minimum atomic E-state index is -1.01. The minimum absolute atomic E-state index is 0.0570. The Bertz CT molecular complexity index is 812. The monoisotopic (exact) mass is 427 g/mol. The summed E-state index contributed by atoms with van der Waals surface area (Å²) in [7, 11) is 0. The van der Waals surface area contributed by atoms with Crippen LogP contribution in [0.25, 0.3) is 0 Å². The summed E-state index contributed by atoms with van der Waals surface area (Å²) in [6.07, 6.45) is 14.9. The van der Waals surface area contributed by atoms with Gasteiger partial charge in [-0.25, -0.2) is 0 Å². The Kier molecular flexibility index (Phi) is 4.67. The average molecular weight is 428 g/mol. The van der Waals surface area contributed by atoms with E-state index in [0.29, 0.717) is 0 Å². The molecule has 3 aliphatic carbocycles. The summed E-state index contributed by atoms with van der Waals surface area (Å²) in [5, 5.41) is 6.34. The number of hydrogen-bond acceptors (Lipinski definition) is 4. The Morgan fingerprint density at radius 3 is 2.26 bits per heavy atom. The molecular weight excluding hydrogens is 394 g/mol. The average Bonchev–Trinajstić information content (AvgIpc) is 3.14. The van der Waals surface area contributed by atoms with Crippen molar-refractivity contribution < 1.29 is 19.1 Å². The number of likely N-dealkylation sites (tertiary alicyclic amines) is 1. The van der Waals surface area contributed by atoms with Crippen molar-refractivity contribution in [3.05, 3.63) is 12.2 Å². The topological polar surface area (TPSA) is 87.7 Å². The van der Waals surface area contributed by atoms with Crippen LogP contribution in [0.1, 0.15) is 70.6 Å². The number of fused-ring (bicyclic) bond motifs is 1. The number of ether oxygens (including phenoxy) is 1. The van der Waals surface area contributed by atoms with Crippen molar-refractivity contribution in [2.75, 3.05) is 0 Å². The lowest BCUT2D eigenvalue weighted by molar-refractivity contribution is -0.144. The zero-order valence-corrected chi connectivity index (χ0v) is 18.1. The number of nitrogens with zero attached hydrogens (tertiary/aromatic N) is 1. The normalized spacial score (nSPS) is 39.9. The third kappa shape index (κ3) is 3.06. The van der Waals surface area contributed by atoms with Crippen LogP contribution < -0.4 is 10.6 Å².